The quantitative estimate of drug-likeness (QED) is 0.273. The van der Waals surface area contributed by atoms with Crippen LogP contribution in [0.4, 0.5) is 0 Å². The number of carbonyl (C=O) groups excluding carboxylic acids is 2. The fourth-order valence-corrected chi connectivity index (χ4v) is 2.02. The Morgan fingerprint density at radius 2 is 1.03 bits per heavy atom. The molecule has 0 aliphatic heterocycles. The van der Waals surface area contributed by atoms with Gasteiger partial charge in [-0.2, -0.15) is 0 Å². The van der Waals surface area contributed by atoms with E-state index in [9.17, 15) is 9.59 Å². The lowest BCUT2D eigenvalue weighted by molar-refractivity contribution is -0.146. The van der Waals surface area contributed by atoms with Crippen molar-refractivity contribution in [3.8, 4) is 35.2 Å². The minimum absolute atomic E-state index is 0.189. The van der Waals surface area contributed by atoms with Gasteiger partial charge in [-0.05, 0) is 74.2 Å². The van der Waals surface area contributed by atoms with Crippen LogP contribution in [-0.4, -0.2) is 25.5 Å². The number of hydrogen-bond acceptors (Lipinski definition) is 6. The number of ether oxygens (including phenoxy) is 4. The molecule has 0 unspecified atom stereocenters. The maximum absolute atomic E-state index is 11.3. The van der Waals surface area contributed by atoms with Crippen molar-refractivity contribution in [3.05, 3.63) is 84.0 Å². The van der Waals surface area contributed by atoms with Gasteiger partial charge in [0.1, 0.15) is 11.5 Å². The Kier molecular flexibility index (Phi) is 9.18. The van der Waals surface area contributed by atoms with Gasteiger partial charge in [0.15, 0.2) is 0 Å². The molecule has 0 fully saturated rings. The lowest BCUT2D eigenvalue weighted by Crippen LogP contribution is -2.10. The van der Waals surface area contributed by atoms with Gasteiger partial charge in [0.05, 0.1) is 0 Å². The SMILES string of the molecule is C=C(C)C(=O)OCOc1ccc(C#CC#Cc2ccc(OCOC(=O)C(=C)C)cc2)cc1. The minimum Gasteiger partial charge on any atom is -0.457 e. The highest BCUT2D eigenvalue weighted by Crippen LogP contribution is 2.13. The summed E-state index contributed by atoms with van der Waals surface area (Å²) in [6, 6.07) is 14.0. The molecule has 0 aliphatic rings. The van der Waals surface area contributed by atoms with Crippen LogP contribution in [0.3, 0.4) is 0 Å². The summed E-state index contributed by atoms with van der Waals surface area (Å²) in [7, 11) is 0. The fourth-order valence-electron chi connectivity index (χ4n) is 2.02. The Bertz CT molecular complexity index is 1010. The predicted molar refractivity (Wildman–Crippen MR) is 119 cm³/mol. The second kappa shape index (κ2) is 12.3. The van der Waals surface area contributed by atoms with Crippen molar-refractivity contribution in [1.82, 2.24) is 0 Å². The topological polar surface area (TPSA) is 71.1 Å². The number of hydrogen-bond donors (Lipinski definition) is 0. The summed E-state index contributed by atoms with van der Waals surface area (Å²) in [5, 5.41) is 0. The van der Waals surface area contributed by atoms with E-state index in [1.807, 2.05) is 0 Å². The van der Waals surface area contributed by atoms with Crippen molar-refractivity contribution >= 4 is 11.9 Å². The van der Waals surface area contributed by atoms with Crippen LogP contribution in [0.2, 0.25) is 0 Å². The molecular formula is C26H22O6. The first kappa shape index (κ1) is 23.9. The van der Waals surface area contributed by atoms with E-state index in [4.69, 9.17) is 18.9 Å². The summed E-state index contributed by atoms with van der Waals surface area (Å²) in [6.45, 7) is 9.74. The standard InChI is InChI=1S/C26H22O6/c1-19(2)25(27)31-17-29-23-13-9-21(10-14-23)7-5-6-8-22-11-15-24(16-12-22)30-18-32-26(28)20(3)4/h9-16H,1,3,17-18H2,2,4H3. The number of rotatable bonds is 8. The molecule has 0 N–H and O–H groups in total. The Morgan fingerprint density at radius 1 is 0.688 bits per heavy atom. The summed E-state index contributed by atoms with van der Waals surface area (Å²) in [4.78, 5) is 22.6. The van der Waals surface area contributed by atoms with Crippen molar-refractivity contribution in [2.24, 2.45) is 0 Å². The van der Waals surface area contributed by atoms with Gasteiger partial charge in [-0.1, -0.05) is 25.0 Å². The largest absolute Gasteiger partial charge is 0.457 e. The van der Waals surface area contributed by atoms with Gasteiger partial charge in [-0.15, -0.1) is 0 Å². The van der Waals surface area contributed by atoms with E-state index in [1.165, 1.54) is 0 Å². The Balaban J connectivity index is 1.81. The molecule has 2 aromatic carbocycles. The van der Waals surface area contributed by atoms with Gasteiger partial charge < -0.3 is 18.9 Å². The zero-order valence-electron chi connectivity index (χ0n) is 17.9. The summed E-state index contributed by atoms with van der Waals surface area (Å²) in [5.41, 5.74) is 2.15. The third-order valence-corrected chi connectivity index (χ3v) is 3.71. The van der Waals surface area contributed by atoms with E-state index < -0.39 is 11.9 Å². The average molecular weight is 430 g/mol. The zero-order valence-corrected chi connectivity index (χ0v) is 17.9. The van der Waals surface area contributed by atoms with Crippen LogP contribution >= 0.6 is 0 Å². The van der Waals surface area contributed by atoms with Gasteiger partial charge in [0.25, 0.3) is 0 Å². The van der Waals surface area contributed by atoms with E-state index in [0.29, 0.717) is 22.6 Å². The van der Waals surface area contributed by atoms with Crippen molar-refractivity contribution in [2.75, 3.05) is 13.6 Å². The molecule has 0 aromatic heterocycles. The van der Waals surface area contributed by atoms with E-state index in [2.05, 4.69) is 36.8 Å². The van der Waals surface area contributed by atoms with Gasteiger partial charge >= 0.3 is 11.9 Å². The second-order valence-electron chi connectivity index (χ2n) is 6.50. The molecular weight excluding hydrogens is 408 g/mol. The van der Waals surface area contributed by atoms with Crippen molar-refractivity contribution in [1.29, 1.82) is 0 Å². The molecule has 0 aliphatic carbocycles. The molecule has 0 saturated carbocycles. The average Bonchev–Trinajstić information content (AvgIpc) is 2.78. The maximum atomic E-state index is 11.3. The Labute approximate surface area is 187 Å². The lowest BCUT2D eigenvalue weighted by Gasteiger charge is -2.06. The van der Waals surface area contributed by atoms with E-state index in [0.717, 1.165) is 11.1 Å². The third-order valence-electron chi connectivity index (χ3n) is 3.71. The van der Waals surface area contributed by atoms with Gasteiger partial charge in [0, 0.05) is 22.3 Å². The van der Waals surface area contributed by atoms with Crippen molar-refractivity contribution < 1.29 is 28.5 Å². The first-order valence-electron chi connectivity index (χ1n) is 9.48. The van der Waals surface area contributed by atoms with E-state index in [1.54, 1.807) is 62.4 Å². The summed E-state index contributed by atoms with van der Waals surface area (Å²) in [6.07, 6.45) is 0. The highest BCUT2D eigenvalue weighted by Gasteiger charge is 2.03. The molecule has 0 heterocycles. The summed E-state index contributed by atoms with van der Waals surface area (Å²) in [5.74, 6) is 11.5. The van der Waals surface area contributed by atoms with Crippen LogP contribution in [-0.2, 0) is 19.1 Å². The molecule has 2 aromatic rings. The van der Waals surface area contributed by atoms with E-state index in [-0.39, 0.29) is 13.6 Å². The number of carbonyl (C=O) groups is 2. The van der Waals surface area contributed by atoms with Crippen LogP contribution in [0, 0.1) is 23.7 Å². The van der Waals surface area contributed by atoms with Crippen LogP contribution in [0.25, 0.3) is 0 Å². The van der Waals surface area contributed by atoms with Crippen LogP contribution in [0.1, 0.15) is 25.0 Å². The monoisotopic (exact) mass is 430 g/mol. The molecule has 0 amide bonds. The lowest BCUT2D eigenvalue weighted by atomic mass is 10.2. The van der Waals surface area contributed by atoms with Crippen molar-refractivity contribution in [2.45, 2.75) is 13.8 Å². The van der Waals surface area contributed by atoms with Gasteiger partial charge in [0.2, 0.25) is 13.6 Å². The van der Waals surface area contributed by atoms with Crippen LogP contribution < -0.4 is 9.47 Å². The number of esters is 2. The van der Waals surface area contributed by atoms with E-state index >= 15 is 0 Å². The number of benzene rings is 2. The van der Waals surface area contributed by atoms with Crippen LogP contribution in [0.15, 0.2) is 72.8 Å². The summed E-state index contributed by atoms with van der Waals surface area (Å²) < 4.78 is 20.4. The molecule has 2 rings (SSSR count). The second-order valence-corrected chi connectivity index (χ2v) is 6.50. The molecule has 6 heteroatoms. The Morgan fingerprint density at radius 3 is 1.34 bits per heavy atom. The predicted octanol–water partition coefficient (Wildman–Crippen LogP) is 4.00. The minimum atomic E-state index is -0.502. The smallest absolute Gasteiger partial charge is 0.335 e. The summed E-state index contributed by atoms with van der Waals surface area (Å²) >= 11 is 0. The zero-order chi connectivity index (χ0) is 23.3. The first-order chi connectivity index (χ1) is 15.3. The molecule has 0 bridgehead atoms. The first-order valence-corrected chi connectivity index (χ1v) is 9.48. The highest BCUT2D eigenvalue weighted by atomic mass is 16.7. The Hall–Kier alpha value is -4.42. The molecule has 162 valence electrons. The molecule has 0 radical (unpaired) electrons. The molecule has 0 atom stereocenters. The van der Waals surface area contributed by atoms with Crippen molar-refractivity contribution in [3.63, 3.8) is 0 Å². The van der Waals surface area contributed by atoms with Gasteiger partial charge in [-0.25, -0.2) is 9.59 Å². The highest BCUT2D eigenvalue weighted by molar-refractivity contribution is 5.87. The van der Waals surface area contributed by atoms with Gasteiger partial charge in [-0.3, -0.25) is 0 Å². The normalized spacial score (nSPS) is 9.19. The molecule has 0 spiro atoms. The van der Waals surface area contributed by atoms with Crippen LogP contribution in [0.5, 0.6) is 11.5 Å². The molecule has 6 nitrogen and oxygen atoms in total. The molecule has 32 heavy (non-hydrogen) atoms. The maximum Gasteiger partial charge on any atom is 0.335 e. The fraction of sp³-hybridized carbons (Fsp3) is 0.154. The third kappa shape index (κ3) is 8.52. The molecule has 0 saturated heterocycles.